The maximum absolute atomic E-state index is 4.49. The van der Waals surface area contributed by atoms with Crippen LogP contribution >= 0.6 is 0 Å². The fourth-order valence-electron chi connectivity index (χ4n) is 2.07. The Kier molecular flexibility index (Phi) is 3.51. The molecule has 0 radical (unpaired) electrons. The number of aromatic nitrogens is 3. The van der Waals surface area contributed by atoms with Crippen LogP contribution in [0.25, 0.3) is 0 Å². The zero-order valence-electron chi connectivity index (χ0n) is 10.5. The molecule has 0 amide bonds. The van der Waals surface area contributed by atoms with E-state index in [9.17, 15) is 0 Å². The summed E-state index contributed by atoms with van der Waals surface area (Å²) in [7, 11) is 0. The van der Waals surface area contributed by atoms with Crippen LogP contribution in [0.2, 0.25) is 0 Å². The molecule has 1 atom stereocenters. The summed E-state index contributed by atoms with van der Waals surface area (Å²) >= 11 is 0. The van der Waals surface area contributed by atoms with E-state index in [1.807, 2.05) is 12.1 Å². The maximum atomic E-state index is 4.49. The Morgan fingerprint density at radius 1 is 1.16 bits per heavy atom. The number of hydrogen-bond donors (Lipinski definition) is 3. The summed E-state index contributed by atoms with van der Waals surface area (Å²) in [5.74, 6) is 1.51. The van der Waals surface area contributed by atoms with Crippen LogP contribution in [-0.2, 0) is 0 Å². The standard InChI is InChI=1S/C13H16N6/c1-2-10(6-14-4-1)17-12-8-16-9-13(19-12)18-11-3-5-15-7-11/h1-2,4,6,8-9,11,15H,3,5,7H2,(H2,17,18,19). The molecule has 3 rings (SSSR count). The molecule has 0 saturated carbocycles. The number of pyridine rings is 1. The summed E-state index contributed by atoms with van der Waals surface area (Å²) in [4.78, 5) is 12.7. The average Bonchev–Trinajstić information content (AvgIpc) is 2.93. The van der Waals surface area contributed by atoms with Crippen LogP contribution < -0.4 is 16.0 Å². The van der Waals surface area contributed by atoms with Crippen LogP contribution in [0, 0.1) is 0 Å². The maximum Gasteiger partial charge on any atom is 0.151 e. The Morgan fingerprint density at radius 2 is 2.11 bits per heavy atom. The van der Waals surface area contributed by atoms with Crippen molar-refractivity contribution in [1.29, 1.82) is 0 Å². The number of hydrogen-bond acceptors (Lipinski definition) is 6. The van der Waals surface area contributed by atoms with Gasteiger partial charge in [0.15, 0.2) is 5.82 Å². The number of rotatable bonds is 4. The van der Waals surface area contributed by atoms with Crippen LogP contribution in [0.4, 0.5) is 17.3 Å². The molecule has 0 bridgehead atoms. The van der Waals surface area contributed by atoms with Gasteiger partial charge in [0.1, 0.15) is 5.82 Å². The minimum atomic E-state index is 0.433. The second-order valence-corrected chi connectivity index (χ2v) is 4.49. The third-order valence-electron chi connectivity index (χ3n) is 2.98. The van der Waals surface area contributed by atoms with E-state index >= 15 is 0 Å². The van der Waals surface area contributed by atoms with E-state index in [0.29, 0.717) is 11.9 Å². The van der Waals surface area contributed by atoms with Crippen LogP contribution in [0.5, 0.6) is 0 Å². The van der Waals surface area contributed by atoms with Crippen molar-refractivity contribution in [3.63, 3.8) is 0 Å². The van der Waals surface area contributed by atoms with Crippen molar-refractivity contribution in [3.8, 4) is 0 Å². The van der Waals surface area contributed by atoms with Gasteiger partial charge in [-0.2, -0.15) is 0 Å². The zero-order valence-corrected chi connectivity index (χ0v) is 10.5. The van der Waals surface area contributed by atoms with Gasteiger partial charge in [0, 0.05) is 18.8 Å². The Bertz CT molecular complexity index is 524. The summed E-state index contributed by atoms with van der Waals surface area (Å²) in [5, 5.41) is 9.87. The predicted octanol–water partition coefficient (Wildman–Crippen LogP) is 1.39. The largest absolute Gasteiger partial charge is 0.365 e. The molecule has 2 aromatic heterocycles. The molecule has 1 aliphatic heterocycles. The lowest BCUT2D eigenvalue weighted by molar-refractivity contribution is 0.787. The first-order chi connectivity index (χ1) is 9.40. The molecule has 3 N–H and O–H groups in total. The highest BCUT2D eigenvalue weighted by molar-refractivity contribution is 5.55. The molecule has 98 valence electrons. The van der Waals surface area contributed by atoms with Gasteiger partial charge in [0.2, 0.25) is 0 Å². The number of anilines is 3. The number of nitrogens with one attached hydrogen (secondary N) is 3. The lowest BCUT2D eigenvalue weighted by Crippen LogP contribution is -2.22. The van der Waals surface area contributed by atoms with Gasteiger partial charge in [0.05, 0.1) is 24.3 Å². The molecular weight excluding hydrogens is 240 g/mol. The molecule has 1 unspecified atom stereocenters. The smallest absolute Gasteiger partial charge is 0.151 e. The Labute approximate surface area is 111 Å². The van der Waals surface area contributed by atoms with E-state index in [0.717, 1.165) is 31.0 Å². The molecule has 6 nitrogen and oxygen atoms in total. The molecule has 19 heavy (non-hydrogen) atoms. The molecule has 1 aliphatic rings. The first-order valence-electron chi connectivity index (χ1n) is 6.36. The first-order valence-corrected chi connectivity index (χ1v) is 6.36. The van der Waals surface area contributed by atoms with E-state index in [1.54, 1.807) is 24.8 Å². The lowest BCUT2D eigenvalue weighted by atomic mass is 10.3. The second-order valence-electron chi connectivity index (χ2n) is 4.49. The van der Waals surface area contributed by atoms with E-state index in [4.69, 9.17) is 0 Å². The van der Waals surface area contributed by atoms with Gasteiger partial charge in [-0.3, -0.25) is 9.97 Å². The molecular formula is C13H16N6. The minimum Gasteiger partial charge on any atom is -0.365 e. The van der Waals surface area contributed by atoms with Crippen LogP contribution in [-0.4, -0.2) is 34.1 Å². The molecule has 0 spiro atoms. The summed E-state index contributed by atoms with van der Waals surface area (Å²) in [6, 6.07) is 4.25. The fraction of sp³-hybridized carbons (Fsp3) is 0.308. The monoisotopic (exact) mass is 256 g/mol. The van der Waals surface area contributed by atoms with Gasteiger partial charge in [-0.15, -0.1) is 0 Å². The molecule has 6 heteroatoms. The van der Waals surface area contributed by atoms with Crippen molar-refractivity contribution in [1.82, 2.24) is 20.3 Å². The highest BCUT2D eigenvalue weighted by Gasteiger charge is 2.14. The Balaban J connectivity index is 1.69. The van der Waals surface area contributed by atoms with Gasteiger partial charge in [-0.1, -0.05) is 0 Å². The summed E-state index contributed by atoms with van der Waals surface area (Å²) in [5.41, 5.74) is 0.900. The molecule has 3 heterocycles. The molecule has 0 aromatic carbocycles. The average molecular weight is 256 g/mol. The quantitative estimate of drug-likeness (QED) is 0.767. The van der Waals surface area contributed by atoms with Gasteiger partial charge in [-0.25, -0.2) is 4.98 Å². The van der Waals surface area contributed by atoms with Crippen LogP contribution in [0.3, 0.4) is 0 Å². The molecule has 1 fully saturated rings. The normalized spacial score (nSPS) is 18.2. The second kappa shape index (κ2) is 5.62. The van der Waals surface area contributed by atoms with E-state index in [2.05, 4.69) is 30.9 Å². The summed E-state index contributed by atoms with van der Waals surface area (Å²) < 4.78 is 0. The Hall–Kier alpha value is -2.21. The van der Waals surface area contributed by atoms with E-state index in [-0.39, 0.29) is 0 Å². The predicted molar refractivity (Wildman–Crippen MR) is 74.4 cm³/mol. The van der Waals surface area contributed by atoms with Crippen molar-refractivity contribution >= 4 is 17.3 Å². The van der Waals surface area contributed by atoms with E-state index in [1.165, 1.54) is 0 Å². The first kappa shape index (κ1) is 11.9. The Morgan fingerprint density at radius 3 is 2.89 bits per heavy atom. The summed E-state index contributed by atoms with van der Waals surface area (Å²) in [6.07, 6.45) is 8.05. The summed E-state index contributed by atoms with van der Waals surface area (Å²) in [6.45, 7) is 2.03. The number of nitrogens with zero attached hydrogens (tertiary/aromatic N) is 3. The lowest BCUT2D eigenvalue weighted by Gasteiger charge is -2.12. The van der Waals surface area contributed by atoms with Crippen molar-refractivity contribution in [2.45, 2.75) is 12.5 Å². The van der Waals surface area contributed by atoms with Gasteiger partial charge < -0.3 is 16.0 Å². The highest BCUT2D eigenvalue weighted by Crippen LogP contribution is 2.15. The van der Waals surface area contributed by atoms with Gasteiger partial charge in [-0.05, 0) is 25.1 Å². The van der Waals surface area contributed by atoms with Crippen LogP contribution in [0.15, 0.2) is 36.9 Å². The molecule has 0 aliphatic carbocycles. The zero-order chi connectivity index (χ0) is 12.9. The van der Waals surface area contributed by atoms with Crippen LogP contribution in [0.1, 0.15) is 6.42 Å². The van der Waals surface area contributed by atoms with Gasteiger partial charge in [0.25, 0.3) is 0 Å². The molecule has 1 saturated heterocycles. The van der Waals surface area contributed by atoms with Crippen molar-refractivity contribution in [2.75, 3.05) is 23.7 Å². The van der Waals surface area contributed by atoms with Crippen molar-refractivity contribution in [2.24, 2.45) is 0 Å². The SMILES string of the molecule is c1cncc(Nc2cncc(NC3CCNC3)n2)c1. The minimum absolute atomic E-state index is 0.433. The van der Waals surface area contributed by atoms with Gasteiger partial charge >= 0.3 is 0 Å². The highest BCUT2D eigenvalue weighted by atomic mass is 15.1. The molecule has 2 aromatic rings. The fourth-order valence-corrected chi connectivity index (χ4v) is 2.07. The van der Waals surface area contributed by atoms with E-state index < -0.39 is 0 Å². The topological polar surface area (TPSA) is 74.8 Å². The third-order valence-corrected chi connectivity index (χ3v) is 2.98. The third kappa shape index (κ3) is 3.17. The van der Waals surface area contributed by atoms with Crippen molar-refractivity contribution in [3.05, 3.63) is 36.9 Å². The van der Waals surface area contributed by atoms with Crippen molar-refractivity contribution < 1.29 is 0 Å².